The molecule has 0 spiro atoms. The maximum atomic E-state index is 6.40. The van der Waals surface area contributed by atoms with Gasteiger partial charge in [-0.15, -0.1) is 11.3 Å². The van der Waals surface area contributed by atoms with Crippen LogP contribution in [0, 0.1) is 6.92 Å². The van der Waals surface area contributed by atoms with Crippen molar-refractivity contribution in [3.63, 3.8) is 0 Å². The lowest BCUT2D eigenvalue weighted by atomic mass is 10.1. The van der Waals surface area contributed by atoms with Gasteiger partial charge >= 0.3 is 0 Å². The molecule has 4 nitrogen and oxygen atoms in total. The van der Waals surface area contributed by atoms with Crippen LogP contribution >= 0.6 is 22.9 Å². The molecule has 1 aliphatic heterocycles. The van der Waals surface area contributed by atoms with Crippen molar-refractivity contribution in [2.24, 2.45) is 0 Å². The van der Waals surface area contributed by atoms with Gasteiger partial charge in [-0.25, -0.2) is 0 Å². The fraction of sp³-hybridized carbons (Fsp3) is 0.360. The number of aryl methyl sites for hydroxylation is 1. The molecule has 0 saturated carbocycles. The summed E-state index contributed by atoms with van der Waals surface area (Å²) in [7, 11) is 1.74. The smallest absolute Gasteiger partial charge is 0.142 e. The van der Waals surface area contributed by atoms with E-state index in [2.05, 4.69) is 39.4 Å². The van der Waals surface area contributed by atoms with Crippen LogP contribution in [-0.2, 0) is 0 Å². The third kappa shape index (κ3) is 5.53. The second-order valence-electron chi connectivity index (χ2n) is 7.82. The topological polar surface area (TPSA) is 24.9 Å². The van der Waals surface area contributed by atoms with E-state index in [0.29, 0.717) is 0 Å². The van der Waals surface area contributed by atoms with Crippen molar-refractivity contribution < 1.29 is 9.47 Å². The Kier molecular flexibility index (Phi) is 7.38. The van der Waals surface area contributed by atoms with Crippen LogP contribution in [0.5, 0.6) is 11.5 Å². The van der Waals surface area contributed by atoms with Gasteiger partial charge in [0.25, 0.3) is 0 Å². The maximum Gasteiger partial charge on any atom is 0.142 e. The fourth-order valence-electron chi connectivity index (χ4n) is 3.99. The van der Waals surface area contributed by atoms with Crippen molar-refractivity contribution in [2.45, 2.75) is 19.4 Å². The Balaban J connectivity index is 1.35. The highest BCUT2D eigenvalue weighted by Crippen LogP contribution is 2.31. The third-order valence-corrected chi connectivity index (χ3v) is 7.16. The summed E-state index contributed by atoms with van der Waals surface area (Å²) in [4.78, 5) is 6.21. The normalized spacial score (nSPS) is 15.6. The van der Waals surface area contributed by atoms with Gasteiger partial charge < -0.3 is 14.4 Å². The summed E-state index contributed by atoms with van der Waals surface area (Å²) in [6.07, 6.45) is 1.00. The average Bonchev–Trinajstić information content (AvgIpc) is 3.34. The summed E-state index contributed by atoms with van der Waals surface area (Å²) >= 11 is 7.94. The standard InChI is InChI=1S/C25H29ClN2O2S/c1-19-18-20(9-10-21(19)26)30-24(25-8-5-17-31-25)11-12-27-13-15-28(16-14-27)22-6-3-4-7-23(22)29-2/h3-10,17-18,24H,11-16H2,1-2H3/t24-/m0/s1. The highest BCUT2D eigenvalue weighted by Gasteiger charge is 2.22. The zero-order valence-electron chi connectivity index (χ0n) is 18.1. The minimum Gasteiger partial charge on any atom is -0.495 e. The van der Waals surface area contributed by atoms with Gasteiger partial charge in [-0.2, -0.15) is 0 Å². The van der Waals surface area contributed by atoms with Crippen LogP contribution in [0.4, 0.5) is 5.69 Å². The minimum absolute atomic E-state index is 0.0489. The molecule has 1 atom stereocenters. The summed E-state index contributed by atoms with van der Waals surface area (Å²) < 4.78 is 11.9. The molecular formula is C25H29ClN2O2S. The number of ether oxygens (including phenoxy) is 2. The highest BCUT2D eigenvalue weighted by atomic mass is 35.5. The number of hydrogen-bond donors (Lipinski definition) is 0. The Morgan fingerprint density at radius 1 is 1.03 bits per heavy atom. The fourth-order valence-corrected chi connectivity index (χ4v) is 4.90. The quantitative estimate of drug-likeness (QED) is 0.412. The average molecular weight is 457 g/mol. The van der Waals surface area contributed by atoms with Crippen molar-refractivity contribution in [1.29, 1.82) is 0 Å². The van der Waals surface area contributed by atoms with Gasteiger partial charge in [0.2, 0.25) is 0 Å². The van der Waals surface area contributed by atoms with Crippen molar-refractivity contribution in [1.82, 2.24) is 4.90 Å². The van der Waals surface area contributed by atoms with Gasteiger partial charge in [0.15, 0.2) is 0 Å². The molecule has 3 aromatic rings. The second kappa shape index (κ2) is 10.4. The third-order valence-electron chi connectivity index (χ3n) is 5.77. The summed E-state index contributed by atoms with van der Waals surface area (Å²) in [5.74, 6) is 1.82. The van der Waals surface area contributed by atoms with Gasteiger partial charge in [0, 0.05) is 49.0 Å². The number of para-hydroxylation sites is 2. The molecule has 4 rings (SSSR count). The lowest BCUT2D eigenvalue weighted by Crippen LogP contribution is -2.47. The molecule has 1 aliphatic rings. The van der Waals surface area contributed by atoms with Crippen LogP contribution in [0.25, 0.3) is 0 Å². The van der Waals surface area contributed by atoms with E-state index in [0.717, 1.165) is 61.2 Å². The predicted octanol–water partition coefficient (Wildman–Crippen LogP) is 6.05. The number of piperazine rings is 1. The molecule has 1 saturated heterocycles. The van der Waals surface area contributed by atoms with Crippen molar-refractivity contribution in [3.8, 4) is 11.5 Å². The van der Waals surface area contributed by atoms with Crippen LogP contribution in [0.1, 0.15) is 23.0 Å². The molecule has 2 aromatic carbocycles. The van der Waals surface area contributed by atoms with Gasteiger partial charge in [0.1, 0.15) is 17.6 Å². The number of hydrogen-bond acceptors (Lipinski definition) is 5. The molecule has 1 fully saturated rings. The second-order valence-corrected chi connectivity index (χ2v) is 9.21. The monoisotopic (exact) mass is 456 g/mol. The summed E-state index contributed by atoms with van der Waals surface area (Å²) in [6, 6.07) is 18.4. The number of anilines is 1. The number of nitrogens with zero attached hydrogens (tertiary/aromatic N) is 2. The van der Waals surface area contributed by atoms with Crippen molar-refractivity contribution in [2.75, 3.05) is 44.7 Å². The Bertz CT molecular complexity index is 971. The molecule has 6 heteroatoms. The summed E-state index contributed by atoms with van der Waals surface area (Å²) in [6.45, 7) is 7.10. The zero-order valence-corrected chi connectivity index (χ0v) is 19.7. The molecule has 31 heavy (non-hydrogen) atoms. The Morgan fingerprint density at radius 2 is 1.84 bits per heavy atom. The molecule has 0 aliphatic carbocycles. The van der Waals surface area contributed by atoms with E-state index in [1.54, 1.807) is 18.4 Å². The molecule has 0 radical (unpaired) electrons. The molecule has 0 N–H and O–H groups in total. The van der Waals surface area contributed by atoms with E-state index < -0.39 is 0 Å². The molecule has 2 heterocycles. The lowest BCUT2D eigenvalue weighted by Gasteiger charge is -2.37. The number of benzene rings is 2. The zero-order chi connectivity index (χ0) is 21.6. The van der Waals surface area contributed by atoms with E-state index in [1.165, 1.54) is 10.6 Å². The number of methoxy groups -OCH3 is 1. The van der Waals surface area contributed by atoms with Crippen molar-refractivity contribution >= 4 is 28.6 Å². The largest absolute Gasteiger partial charge is 0.495 e. The predicted molar refractivity (Wildman–Crippen MR) is 130 cm³/mol. The molecule has 0 bridgehead atoms. The first-order valence-electron chi connectivity index (χ1n) is 10.7. The molecule has 0 amide bonds. The van der Waals surface area contributed by atoms with Gasteiger partial charge in [-0.1, -0.05) is 29.8 Å². The Labute approximate surface area is 194 Å². The van der Waals surface area contributed by atoms with E-state index in [1.807, 2.05) is 37.3 Å². The van der Waals surface area contributed by atoms with E-state index >= 15 is 0 Å². The minimum atomic E-state index is 0.0489. The molecule has 1 aromatic heterocycles. The van der Waals surface area contributed by atoms with Gasteiger partial charge in [0.05, 0.1) is 12.8 Å². The first-order valence-corrected chi connectivity index (χ1v) is 12.0. The van der Waals surface area contributed by atoms with Crippen LogP contribution < -0.4 is 14.4 Å². The number of halogens is 1. The van der Waals surface area contributed by atoms with Crippen molar-refractivity contribution in [3.05, 3.63) is 75.4 Å². The molecule has 164 valence electrons. The lowest BCUT2D eigenvalue weighted by molar-refractivity contribution is 0.162. The molecule has 0 unspecified atom stereocenters. The first kappa shape index (κ1) is 22.0. The highest BCUT2D eigenvalue weighted by molar-refractivity contribution is 7.10. The maximum absolute atomic E-state index is 6.40. The first-order chi connectivity index (χ1) is 15.1. The van der Waals surface area contributed by atoms with Gasteiger partial charge in [-0.05, 0) is 54.3 Å². The van der Waals surface area contributed by atoms with E-state index in [9.17, 15) is 0 Å². The van der Waals surface area contributed by atoms with Crippen LogP contribution in [-0.4, -0.2) is 44.7 Å². The SMILES string of the molecule is COc1ccccc1N1CCN(CC[C@H](Oc2ccc(Cl)c(C)c2)c2cccs2)CC1. The Morgan fingerprint density at radius 3 is 2.55 bits per heavy atom. The van der Waals surface area contributed by atoms with Crippen LogP contribution in [0.15, 0.2) is 60.0 Å². The Hall–Kier alpha value is -2.21. The van der Waals surface area contributed by atoms with Gasteiger partial charge in [-0.3, -0.25) is 4.90 Å². The number of rotatable bonds is 8. The van der Waals surface area contributed by atoms with Crippen LogP contribution in [0.3, 0.4) is 0 Å². The van der Waals surface area contributed by atoms with E-state index in [-0.39, 0.29) is 6.10 Å². The summed E-state index contributed by atoms with van der Waals surface area (Å²) in [5.41, 5.74) is 2.22. The number of thiophene rings is 1. The van der Waals surface area contributed by atoms with Crippen LogP contribution in [0.2, 0.25) is 5.02 Å². The summed E-state index contributed by atoms with van der Waals surface area (Å²) in [5, 5.41) is 2.89. The van der Waals surface area contributed by atoms with E-state index in [4.69, 9.17) is 21.1 Å². The molecular weight excluding hydrogens is 428 g/mol.